The standard InChI is InChI=1S/C12H16FNO3.ClH/c13-6-1-7-17-10-4-2-9(3-5-10)8-11(14)12(15)16;/h2-5,11H,1,6-8,14H2,(H,15,16);1H/t11-;/m0./s1. The van der Waals surface area contributed by atoms with E-state index < -0.39 is 18.7 Å². The SMILES string of the molecule is Cl.N[C@@H](Cc1ccc(OCCCF)cc1)C(=O)O. The monoisotopic (exact) mass is 277 g/mol. The van der Waals surface area contributed by atoms with E-state index in [1.54, 1.807) is 24.3 Å². The van der Waals surface area contributed by atoms with E-state index in [4.69, 9.17) is 15.6 Å². The normalized spacial score (nSPS) is 11.4. The first-order chi connectivity index (χ1) is 8.13. The summed E-state index contributed by atoms with van der Waals surface area (Å²) >= 11 is 0. The molecule has 0 saturated carbocycles. The fourth-order valence-electron chi connectivity index (χ4n) is 1.31. The van der Waals surface area contributed by atoms with Crippen molar-refractivity contribution in [2.75, 3.05) is 13.3 Å². The van der Waals surface area contributed by atoms with Gasteiger partial charge in [-0.25, -0.2) is 0 Å². The lowest BCUT2D eigenvalue weighted by atomic mass is 10.1. The Balaban J connectivity index is 0.00000289. The summed E-state index contributed by atoms with van der Waals surface area (Å²) < 4.78 is 17.1. The Labute approximate surface area is 111 Å². The van der Waals surface area contributed by atoms with Gasteiger partial charge in [0.15, 0.2) is 0 Å². The molecule has 1 aromatic carbocycles. The van der Waals surface area contributed by atoms with Crippen LogP contribution in [0.4, 0.5) is 4.39 Å². The first-order valence-electron chi connectivity index (χ1n) is 5.39. The first kappa shape index (κ1) is 16.7. The van der Waals surface area contributed by atoms with Crippen LogP contribution in [0.3, 0.4) is 0 Å². The highest BCUT2D eigenvalue weighted by atomic mass is 35.5. The predicted octanol–water partition coefficient (Wildman–Crippen LogP) is 1.80. The zero-order chi connectivity index (χ0) is 12.7. The van der Waals surface area contributed by atoms with Crippen LogP contribution in [0.15, 0.2) is 24.3 Å². The number of nitrogens with two attached hydrogens (primary N) is 1. The molecular formula is C12H17ClFNO3. The van der Waals surface area contributed by atoms with Gasteiger partial charge < -0.3 is 15.6 Å². The van der Waals surface area contributed by atoms with Gasteiger partial charge in [-0.3, -0.25) is 9.18 Å². The molecule has 102 valence electrons. The van der Waals surface area contributed by atoms with Gasteiger partial charge in [0.2, 0.25) is 0 Å². The second kappa shape index (κ2) is 8.72. The maximum absolute atomic E-state index is 11.8. The molecule has 1 aromatic rings. The van der Waals surface area contributed by atoms with Gasteiger partial charge >= 0.3 is 5.97 Å². The molecule has 0 aromatic heterocycles. The van der Waals surface area contributed by atoms with Crippen LogP contribution in [0.25, 0.3) is 0 Å². The fourth-order valence-corrected chi connectivity index (χ4v) is 1.31. The molecule has 1 atom stereocenters. The van der Waals surface area contributed by atoms with E-state index in [1.165, 1.54) is 0 Å². The number of carboxylic acids is 1. The van der Waals surface area contributed by atoms with Crippen LogP contribution in [-0.2, 0) is 11.2 Å². The van der Waals surface area contributed by atoms with Gasteiger partial charge in [-0.05, 0) is 24.1 Å². The Kier molecular flexibility index (Phi) is 8.07. The van der Waals surface area contributed by atoms with Crippen LogP contribution < -0.4 is 10.5 Å². The molecule has 0 spiro atoms. The van der Waals surface area contributed by atoms with Crippen LogP contribution in [-0.4, -0.2) is 30.4 Å². The quantitative estimate of drug-likeness (QED) is 0.746. The number of benzene rings is 1. The van der Waals surface area contributed by atoms with Crippen molar-refractivity contribution in [1.82, 2.24) is 0 Å². The van der Waals surface area contributed by atoms with Crippen molar-refractivity contribution >= 4 is 18.4 Å². The second-order valence-electron chi connectivity index (χ2n) is 3.68. The third kappa shape index (κ3) is 5.84. The van der Waals surface area contributed by atoms with Crippen molar-refractivity contribution in [3.63, 3.8) is 0 Å². The van der Waals surface area contributed by atoms with E-state index in [9.17, 15) is 9.18 Å². The maximum atomic E-state index is 11.8. The highest BCUT2D eigenvalue weighted by molar-refractivity contribution is 5.85. The first-order valence-corrected chi connectivity index (χ1v) is 5.39. The molecule has 0 saturated heterocycles. The van der Waals surface area contributed by atoms with Crippen molar-refractivity contribution in [3.8, 4) is 5.75 Å². The fraction of sp³-hybridized carbons (Fsp3) is 0.417. The molecule has 0 aliphatic rings. The van der Waals surface area contributed by atoms with Gasteiger partial charge in [0.05, 0.1) is 13.3 Å². The third-order valence-electron chi connectivity index (χ3n) is 2.24. The van der Waals surface area contributed by atoms with E-state index in [1.807, 2.05) is 0 Å². The van der Waals surface area contributed by atoms with Crippen LogP contribution in [0, 0.1) is 0 Å². The van der Waals surface area contributed by atoms with Crippen molar-refractivity contribution < 1.29 is 19.0 Å². The van der Waals surface area contributed by atoms with E-state index >= 15 is 0 Å². The van der Waals surface area contributed by atoms with Gasteiger partial charge in [0, 0.05) is 6.42 Å². The highest BCUT2D eigenvalue weighted by Gasteiger charge is 2.11. The molecule has 0 heterocycles. The predicted molar refractivity (Wildman–Crippen MR) is 69.1 cm³/mol. The zero-order valence-electron chi connectivity index (χ0n) is 9.84. The minimum Gasteiger partial charge on any atom is -0.494 e. The lowest BCUT2D eigenvalue weighted by Gasteiger charge is -2.08. The van der Waals surface area contributed by atoms with E-state index in [0.717, 1.165) is 5.56 Å². The molecule has 0 amide bonds. The number of hydrogen-bond donors (Lipinski definition) is 2. The average molecular weight is 278 g/mol. The summed E-state index contributed by atoms with van der Waals surface area (Å²) in [6.45, 7) is -0.0595. The minimum absolute atomic E-state index is 0. The molecule has 0 bridgehead atoms. The number of alkyl halides is 1. The summed E-state index contributed by atoms with van der Waals surface area (Å²) in [5.74, 6) is -0.376. The molecule has 1 rings (SSSR count). The topological polar surface area (TPSA) is 72.5 Å². The Morgan fingerprint density at radius 2 is 2.00 bits per heavy atom. The van der Waals surface area contributed by atoms with Crippen LogP contribution in [0.2, 0.25) is 0 Å². The number of hydrogen-bond acceptors (Lipinski definition) is 3. The molecule has 4 nitrogen and oxygen atoms in total. The zero-order valence-corrected chi connectivity index (χ0v) is 10.7. The second-order valence-corrected chi connectivity index (χ2v) is 3.68. The molecular weight excluding hydrogens is 261 g/mol. The number of aliphatic carboxylic acids is 1. The molecule has 18 heavy (non-hydrogen) atoms. The maximum Gasteiger partial charge on any atom is 0.320 e. The van der Waals surface area contributed by atoms with E-state index in [-0.39, 0.29) is 18.8 Å². The van der Waals surface area contributed by atoms with Gasteiger partial charge in [0.1, 0.15) is 11.8 Å². The van der Waals surface area contributed by atoms with Crippen LogP contribution in [0.1, 0.15) is 12.0 Å². The summed E-state index contributed by atoms with van der Waals surface area (Å²) in [5, 5.41) is 8.66. The van der Waals surface area contributed by atoms with E-state index in [2.05, 4.69) is 0 Å². The number of carboxylic acid groups (broad SMARTS) is 1. The van der Waals surface area contributed by atoms with Gasteiger partial charge in [-0.1, -0.05) is 12.1 Å². The number of carbonyl (C=O) groups is 1. The summed E-state index contributed by atoms with van der Waals surface area (Å²) in [4.78, 5) is 10.6. The van der Waals surface area contributed by atoms with Crippen LogP contribution >= 0.6 is 12.4 Å². The third-order valence-corrected chi connectivity index (χ3v) is 2.24. The molecule has 0 unspecified atom stereocenters. The van der Waals surface area contributed by atoms with Gasteiger partial charge in [0.25, 0.3) is 0 Å². The Morgan fingerprint density at radius 1 is 1.39 bits per heavy atom. The summed E-state index contributed by atoms with van der Waals surface area (Å²) in [7, 11) is 0. The number of rotatable bonds is 7. The van der Waals surface area contributed by atoms with E-state index in [0.29, 0.717) is 18.8 Å². The smallest absolute Gasteiger partial charge is 0.320 e. The van der Waals surface area contributed by atoms with Gasteiger partial charge in [-0.15, -0.1) is 12.4 Å². The lowest BCUT2D eigenvalue weighted by molar-refractivity contribution is -0.138. The minimum atomic E-state index is -1.02. The average Bonchev–Trinajstić information content (AvgIpc) is 2.31. The molecule has 0 aliphatic heterocycles. The Morgan fingerprint density at radius 3 is 2.50 bits per heavy atom. The molecule has 0 radical (unpaired) electrons. The Bertz CT molecular complexity index is 359. The summed E-state index contributed by atoms with van der Waals surface area (Å²) in [6, 6.07) is 6.07. The number of ether oxygens (including phenoxy) is 1. The largest absolute Gasteiger partial charge is 0.494 e. The molecule has 6 heteroatoms. The lowest BCUT2D eigenvalue weighted by Crippen LogP contribution is -2.32. The van der Waals surface area contributed by atoms with Gasteiger partial charge in [-0.2, -0.15) is 0 Å². The number of halogens is 2. The summed E-state index contributed by atoms with van der Waals surface area (Å²) in [5.41, 5.74) is 6.24. The molecule has 0 fully saturated rings. The molecule has 3 N–H and O–H groups in total. The van der Waals surface area contributed by atoms with Crippen LogP contribution in [0.5, 0.6) is 5.75 Å². The highest BCUT2D eigenvalue weighted by Crippen LogP contribution is 2.13. The Hall–Kier alpha value is -1.33. The van der Waals surface area contributed by atoms with Crippen molar-refractivity contribution in [2.45, 2.75) is 18.9 Å². The molecule has 0 aliphatic carbocycles. The summed E-state index contributed by atoms with van der Waals surface area (Å²) in [6.07, 6.45) is 0.645. The van der Waals surface area contributed by atoms with Crippen molar-refractivity contribution in [3.05, 3.63) is 29.8 Å². The van der Waals surface area contributed by atoms with Crippen molar-refractivity contribution in [1.29, 1.82) is 0 Å². The van der Waals surface area contributed by atoms with Crippen molar-refractivity contribution in [2.24, 2.45) is 5.73 Å².